The van der Waals surface area contributed by atoms with Crippen LogP contribution in [-0.2, 0) is 17.8 Å². The molecule has 0 bridgehead atoms. The summed E-state index contributed by atoms with van der Waals surface area (Å²) in [5.41, 5.74) is 1.17. The predicted octanol–water partition coefficient (Wildman–Crippen LogP) is 3.51. The van der Waals surface area contributed by atoms with Crippen molar-refractivity contribution in [1.29, 1.82) is 0 Å². The fourth-order valence-corrected chi connectivity index (χ4v) is 3.51. The van der Waals surface area contributed by atoms with E-state index in [2.05, 4.69) is 16.3 Å². The van der Waals surface area contributed by atoms with Gasteiger partial charge in [-0.15, -0.1) is 11.3 Å². The van der Waals surface area contributed by atoms with E-state index in [4.69, 9.17) is 13.9 Å². The Morgan fingerprint density at radius 3 is 2.76 bits per heavy atom. The van der Waals surface area contributed by atoms with Gasteiger partial charge < -0.3 is 13.9 Å². The van der Waals surface area contributed by atoms with Crippen molar-refractivity contribution >= 4 is 22.3 Å². The van der Waals surface area contributed by atoms with Gasteiger partial charge in [0, 0.05) is 43.1 Å². The lowest BCUT2D eigenvalue weighted by Gasteiger charge is -2.22. The van der Waals surface area contributed by atoms with E-state index in [9.17, 15) is 4.79 Å². The topological polar surface area (TPSA) is 51.9 Å². The molecule has 2 heterocycles. The molecule has 132 valence electrons. The van der Waals surface area contributed by atoms with E-state index in [1.54, 1.807) is 43.8 Å². The van der Waals surface area contributed by atoms with Crippen LogP contribution < -0.4 is 10.4 Å². The molecule has 0 spiro atoms. The number of fused-ring (bicyclic) bond motifs is 1. The second kappa shape index (κ2) is 8.29. The summed E-state index contributed by atoms with van der Waals surface area (Å²) >= 11 is 1.73. The molecule has 0 saturated heterocycles. The van der Waals surface area contributed by atoms with Crippen LogP contribution in [0.1, 0.15) is 10.4 Å². The Morgan fingerprint density at radius 2 is 2.04 bits per heavy atom. The van der Waals surface area contributed by atoms with Gasteiger partial charge in [-0.3, -0.25) is 4.90 Å². The molecule has 3 rings (SSSR count). The summed E-state index contributed by atoms with van der Waals surface area (Å²) in [5, 5.41) is 2.97. The Balaban J connectivity index is 1.93. The highest BCUT2D eigenvalue weighted by molar-refractivity contribution is 7.09. The van der Waals surface area contributed by atoms with Gasteiger partial charge in [0.15, 0.2) is 0 Å². The summed E-state index contributed by atoms with van der Waals surface area (Å²) in [5.74, 6) is 0.740. The first-order valence-electron chi connectivity index (χ1n) is 8.04. The van der Waals surface area contributed by atoms with Crippen LogP contribution in [0.15, 0.2) is 51.0 Å². The van der Waals surface area contributed by atoms with Gasteiger partial charge in [-0.25, -0.2) is 4.79 Å². The van der Waals surface area contributed by atoms with Gasteiger partial charge >= 0.3 is 5.63 Å². The van der Waals surface area contributed by atoms with Crippen LogP contribution in [0.25, 0.3) is 11.0 Å². The van der Waals surface area contributed by atoms with E-state index < -0.39 is 0 Å². The lowest BCUT2D eigenvalue weighted by molar-refractivity contribution is 0.141. The van der Waals surface area contributed by atoms with Crippen LogP contribution in [0.2, 0.25) is 0 Å². The van der Waals surface area contributed by atoms with Gasteiger partial charge in [0.2, 0.25) is 0 Å². The number of rotatable bonds is 8. The minimum atomic E-state index is -0.338. The Hall–Kier alpha value is -2.15. The number of thiophene rings is 1. The first-order valence-corrected chi connectivity index (χ1v) is 8.92. The highest BCUT2D eigenvalue weighted by atomic mass is 32.1. The maximum Gasteiger partial charge on any atom is 0.336 e. The first kappa shape index (κ1) is 17.7. The van der Waals surface area contributed by atoms with Crippen molar-refractivity contribution in [1.82, 2.24) is 4.90 Å². The molecule has 1 aromatic carbocycles. The minimum Gasteiger partial charge on any atom is -0.497 e. The highest BCUT2D eigenvalue weighted by Gasteiger charge is 2.13. The molecule has 0 fully saturated rings. The largest absolute Gasteiger partial charge is 0.497 e. The zero-order chi connectivity index (χ0) is 17.6. The summed E-state index contributed by atoms with van der Waals surface area (Å²) in [4.78, 5) is 15.5. The molecule has 2 aromatic heterocycles. The van der Waals surface area contributed by atoms with Crippen LogP contribution >= 0.6 is 11.3 Å². The molecule has 0 saturated carbocycles. The molecule has 5 nitrogen and oxygen atoms in total. The maximum absolute atomic E-state index is 11.9. The molecule has 0 aliphatic rings. The second-order valence-corrected chi connectivity index (χ2v) is 6.77. The first-order chi connectivity index (χ1) is 12.2. The molecule has 25 heavy (non-hydrogen) atoms. The van der Waals surface area contributed by atoms with E-state index in [-0.39, 0.29) is 5.63 Å². The van der Waals surface area contributed by atoms with Crippen molar-refractivity contribution in [2.45, 2.75) is 13.1 Å². The summed E-state index contributed by atoms with van der Waals surface area (Å²) in [7, 11) is 3.32. The van der Waals surface area contributed by atoms with Gasteiger partial charge in [0.05, 0.1) is 13.7 Å². The number of ether oxygens (including phenoxy) is 2. The third-order valence-electron chi connectivity index (χ3n) is 4.00. The van der Waals surface area contributed by atoms with Crippen molar-refractivity contribution in [3.8, 4) is 5.75 Å². The predicted molar refractivity (Wildman–Crippen MR) is 99.3 cm³/mol. The molecule has 0 N–H and O–H groups in total. The van der Waals surface area contributed by atoms with Gasteiger partial charge in [-0.1, -0.05) is 6.07 Å². The Morgan fingerprint density at radius 1 is 1.16 bits per heavy atom. The van der Waals surface area contributed by atoms with Crippen LogP contribution in [0, 0.1) is 0 Å². The SMILES string of the molecule is COCCN(Cc1cccs1)Cc1cc(=O)oc2ccc(OC)cc12. The second-order valence-electron chi connectivity index (χ2n) is 5.74. The molecule has 0 aliphatic heterocycles. The van der Waals surface area contributed by atoms with Gasteiger partial charge in [-0.05, 0) is 35.2 Å². The van der Waals surface area contributed by atoms with Crippen LogP contribution in [0.3, 0.4) is 0 Å². The fourth-order valence-electron chi connectivity index (χ4n) is 2.76. The molecular formula is C19H21NO4S. The number of nitrogens with zero attached hydrogens (tertiary/aromatic N) is 1. The lowest BCUT2D eigenvalue weighted by Crippen LogP contribution is -2.26. The van der Waals surface area contributed by atoms with Crippen molar-refractivity contribution < 1.29 is 13.9 Å². The molecular weight excluding hydrogens is 338 g/mol. The molecule has 3 aromatic rings. The summed E-state index contributed by atoms with van der Waals surface area (Å²) in [6.45, 7) is 2.86. The maximum atomic E-state index is 11.9. The average molecular weight is 359 g/mol. The zero-order valence-corrected chi connectivity index (χ0v) is 15.2. The summed E-state index contributed by atoms with van der Waals surface area (Å²) < 4.78 is 15.9. The van der Waals surface area contributed by atoms with Crippen LogP contribution in [0.4, 0.5) is 0 Å². The zero-order valence-electron chi connectivity index (χ0n) is 14.4. The van der Waals surface area contributed by atoms with E-state index in [0.29, 0.717) is 18.7 Å². The monoisotopic (exact) mass is 359 g/mol. The van der Waals surface area contributed by atoms with E-state index in [0.717, 1.165) is 29.8 Å². The molecule has 0 aliphatic carbocycles. The number of hydrogen-bond donors (Lipinski definition) is 0. The van der Waals surface area contributed by atoms with Crippen LogP contribution in [0.5, 0.6) is 5.75 Å². The third kappa shape index (κ3) is 4.48. The smallest absolute Gasteiger partial charge is 0.336 e. The lowest BCUT2D eigenvalue weighted by atomic mass is 10.1. The average Bonchev–Trinajstić information content (AvgIpc) is 3.12. The van der Waals surface area contributed by atoms with E-state index >= 15 is 0 Å². The van der Waals surface area contributed by atoms with Gasteiger partial charge in [0.1, 0.15) is 11.3 Å². The van der Waals surface area contributed by atoms with Crippen molar-refractivity contribution in [3.05, 3.63) is 62.6 Å². The molecule has 0 unspecified atom stereocenters. The quantitative estimate of drug-likeness (QED) is 0.576. The van der Waals surface area contributed by atoms with Gasteiger partial charge in [0.25, 0.3) is 0 Å². The summed E-state index contributed by atoms with van der Waals surface area (Å²) in [6, 6.07) is 11.2. The highest BCUT2D eigenvalue weighted by Crippen LogP contribution is 2.24. The Bertz CT molecular complexity index is 873. The Kier molecular flexibility index (Phi) is 5.86. The minimum absolute atomic E-state index is 0.338. The molecule has 0 amide bonds. The number of methoxy groups -OCH3 is 2. The van der Waals surface area contributed by atoms with Crippen LogP contribution in [-0.4, -0.2) is 32.3 Å². The molecule has 0 atom stereocenters. The van der Waals surface area contributed by atoms with Crippen molar-refractivity contribution in [2.75, 3.05) is 27.4 Å². The number of hydrogen-bond acceptors (Lipinski definition) is 6. The normalized spacial score (nSPS) is 11.3. The summed E-state index contributed by atoms with van der Waals surface area (Å²) in [6.07, 6.45) is 0. The molecule has 6 heteroatoms. The van der Waals surface area contributed by atoms with Crippen molar-refractivity contribution in [3.63, 3.8) is 0 Å². The standard InChI is InChI=1S/C19H21NO4S/c1-22-8-7-20(13-16-4-3-9-25-16)12-14-10-19(21)24-18-6-5-15(23-2)11-17(14)18/h3-6,9-11H,7-8,12-13H2,1-2H3. The van der Waals surface area contributed by atoms with E-state index in [1.165, 1.54) is 4.88 Å². The van der Waals surface area contributed by atoms with Crippen molar-refractivity contribution in [2.24, 2.45) is 0 Å². The molecule has 0 radical (unpaired) electrons. The third-order valence-corrected chi connectivity index (χ3v) is 4.86. The Labute approximate surface area is 150 Å². The van der Waals surface area contributed by atoms with Gasteiger partial charge in [-0.2, -0.15) is 0 Å². The fraction of sp³-hybridized carbons (Fsp3) is 0.316. The van der Waals surface area contributed by atoms with E-state index in [1.807, 2.05) is 12.1 Å². The number of benzene rings is 1.